The summed E-state index contributed by atoms with van der Waals surface area (Å²) in [5, 5.41) is 3.67. The summed E-state index contributed by atoms with van der Waals surface area (Å²) in [6, 6.07) is 6.75. The van der Waals surface area contributed by atoms with Crippen LogP contribution in [-0.4, -0.2) is 20.3 Å². The van der Waals surface area contributed by atoms with Gasteiger partial charge in [-0.3, -0.25) is 0 Å². The number of benzene rings is 1. The van der Waals surface area contributed by atoms with Crippen LogP contribution in [0.5, 0.6) is 11.5 Å². The Labute approximate surface area is 117 Å². The highest BCUT2D eigenvalue weighted by Gasteiger charge is 2.15. The first-order valence-corrected chi connectivity index (χ1v) is 7.14. The highest BCUT2D eigenvalue weighted by Crippen LogP contribution is 2.29. The summed E-state index contributed by atoms with van der Waals surface area (Å²) in [6.45, 7) is 6.62. The van der Waals surface area contributed by atoms with Crippen LogP contribution in [0.1, 0.15) is 51.6 Å². The Balaban J connectivity index is 2.87. The molecule has 0 radical (unpaired) electrons. The molecule has 0 saturated carbocycles. The Bertz CT molecular complexity index is 379. The molecule has 19 heavy (non-hydrogen) atoms. The van der Waals surface area contributed by atoms with Crippen molar-refractivity contribution in [2.45, 2.75) is 52.1 Å². The Morgan fingerprint density at radius 2 is 1.89 bits per heavy atom. The van der Waals surface area contributed by atoms with E-state index in [-0.39, 0.29) is 6.04 Å². The average Bonchev–Trinajstić information content (AvgIpc) is 2.45. The van der Waals surface area contributed by atoms with Gasteiger partial charge in [0.1, 0.15) is 11.5 Å². The molecule has 1 rings (SSSR count). The van der Waals surface area contributed by atoms with Crippen LogP contribution in [-0.2, 0) is 0 Å². The molecule has 0 aliphatic heterocycles. The van der Waals surface area contributed by atoms with E-state index in [0.29, 0.717) is 6.04 Å². The first kappa shape index (κ1) is 15.8. The molecule has 0 aliphatic rings. The minimum atomic E-state index is 0.251. The predicted octanol–water partition coefficient (Wildman–Crippen LogP) is 3.93. The Kier molecular flexibility index (Phi) is 6.71. The quantitative estimate of drug-likeness (QED) is 0.772. The molecule has 2 atom stereocenters. The van der Waals surface area contributed by atoms with Crippen LogP contribution in [0.15, 0.2) is 18.2 Å². The second-order valence-electron chi connectivity index (χ2n) is 4.89. The molecule has 0 heterocycles. The molecule has 0 fully saturated rings. The van der Waals surface area contributed by atoms with E-state index in [4.69, 9.17) is 9.47 Å². The largest absolute Gasteiger partial charge is 0.497 e. The van der Waals surface area contributed by atoms with Crippen molar-refractivity contribution in [3.63, 3.8) is 0 Å². The van der Waals surface area contributed by atoms with Gasteiger partial charge in [-0.2, -0.15) is 0 Å². The van der Waals surface area contributed by atoms with Gasteiger partial charge in [-0.1, -0.05) is 20.3 Å². The summed E-state index contributed by atoms with van der Waals surface area (Å²) in [6.07, 6.45) is 3.55. The SMILES string of the molecule is CCCC(CC)NC(C)c1cc(OC)ccc1OC. The number of hydrogen-bond donors (Lipinski definition) is 1. The number of rotatable bonds is 8. The molecule has 0 bridgehead atoms. The third-order valence-electron chi connectivity index (χ3n) is 3.52. The third kappa shape index (κ3) is 4.43. The minimum Gasteiger partial charge on any atom is -0.497 e. The summed E-state index contributed by atoms with van der Waals surface area (Å²) in [5.74, 6) is 1.78. The molecule has 2 unspecified atom stereocenters. The van der Waals surface area contributed by atoms with Gasteiger partial charge in [0.25, 0.3) is 0 Å². The topological polar surface area (TPSA) is 30.5 Å². The lowest BCUT2D eigenvalue weighted by Crippen LogP contribution is -2.31. The number of nitrogens with one attached hydrogen (secondary N) is 1. The normalized spacial score (nSPS) is 13.9. The van der Waals surface area contributed by atoms with E-state index >= 15 is 0 Å². The van der Waals surface area contributed by atoms with Crippen LogP contribution in [0, 0.1) is 0 Å². The maximum atomic E-state index is 5.45. The molecule has 1 aromatic rings. The smallest absolute Gasteiger partial charge is 0.123 e. The zero-order valence-electron chi connectivity index (χ0n) is 12.8. The lowest BCUT2D eigenvalue weighted by Gasteiger charge is -2.24. The Morgan fingerprint density at radius 3 is 2.42 bits per heavy atom. The van der Waals surface area contributed by atoms with Crippen LogP contribution in [0.2, 0.25) is 0 Å². The molecule has 1 N–H and O–H groups in total. The fourth-order valence-corrected chi connectivity index (χ4v) is 2.37. The molecule has 108 valence electrons. The standard InChI is InChI=1S/C16H27NO2/c1-6-8-13(7-2)17-12(3)15-11-14(18-4)9-10-16(15)19-5/h9-13,17H,6-8H2,1-5H3. The van der Waals surface area contributed by atoms with Crippen molar-refractivity contribution in [3.05, 3.63) is 23.8 Å². The van der Waals surface area contributed by atoms with Crippen molar-refractivity contribution in [3.8, 4) is 11.5 Å². The maximum Gasteiger partial charge on any atom is 0.123 e. The van der Waals surface area contributed by atoms with Crippen molar-refractivity contribution in [1.82, 2.24) is 5.32 Å². The number of methoxy groups -OCH3 is 2. The summed E-state index contributed by atoms with van der Waals surface area (Å²) in [7, 11) is 3.40. The van der Waals surface area contributed by atoms with E-state index in [1.165, 1.54) is 12.8 Å². The van der Waals surface area contributed by atoms with E-state index in [1.54, 1.807) is 14.2 Å². The lowest BCUT2D eigenvalue weighted by atomic mass is 10.0. The monoisotopic (exact) mass is 265 g/mol. The molecular weight excluding hydrogens is 238 g/mol. The van der Waals surface area contributed by atoms with Crippen LogP contribution in [0.3, 0.4) is 0 Å². The lowest BCUT2D eigenvalue weighted by molar-refractivity contribution is 0.376. The highest BCUT2D eigenvalue weighted by molar-refractivity contribution is 5.42. The molecular formula is C16H27NO2. The van der Waals surface area contributed by atoms with Gasteiger partial charge in [0.2, 0.25) is 0 Å². The molecule has 3 heteroatoms. The first-order valence-electron chi connectivity index (χ1n) is 7.14. The second kappa shape index (κ2) is 8.05. The number of ether oxygens (including phenoxy) is 2. The van der Waals surface area contributed by atoms with Crippen LogP contribution < -0.4 is 14.8 Å². The molecule has 0 amide bonds. The van der Waals surface area contributed by atoms with Crippen LogP contribution in [0.25, 0.3) is 0 Å². The molecule has 3 nitrogen and oxygen atoms in total. The van der Waals surface area contributed by atoms with Crippen molar-refractivity contribution in [2.24, 2.45) is 0 Å². The summed E-state index contributed by atoms with van der Waals surface area (Å²) < 4.78 is 10.7. The summed E-state index contributed by atoms with van der Waals surface area (Å²) >= 11 is 0. The van der Waals surface area contributed by atoms with Gasteiger partial charge in [0.15, 0.2) is 0 Å². The van der Waals surface area contributed by atoms with Gasteiger partial charge in [0.05, 0.1) is 14.2 Å². The maximum absolute atomic E-state index is 5.45. The van der Waals surface area contributed by atoms with E-state index in [2.05, 4.69) is 32.2 Å². The third-order valence-corrected chi connectivity index (χ3v) is 3.52. The molecule has 0 aromatic heterocycles. The van der Waals surface area contributed by atoms with Gasteiger partial charge < -0.3 is 14.8 Å². The zero-order chi connectivity index (χ0) is 14.3. The van der Waals surface area contributed by atoms with Crippen molar-refractivity contribution >= 4 is 0 Å². The fraction of sp³-hybridized carbons (Fsp3) is 0.625. The van der Waals surface area contributed by atoms with Gasteiger partial charge >= 0.3 is 0 Å². The molecule has 0 saturated heterocycles. The van der Waals surface area contributed by atoms with Crippen molar-refractivity contribution in [1.29, 1.82) is 0 Å². The zero-order valence-corrected chi connectivity index (χ0v) is 12.8. The van der Waals surface area contributed by atoms with Gasteiger partial charge in [-0.15, -0.1) is 0 Å². The van der Waals surface area contributed by atoms with E-state index in [1.807, 2.05) is 12.1 Å². The minimum absolute atomic E-state index is 0.251. The van der Waals surface area contributed by atoms with E-state index in [9.17, 15) is 0 Å². The second-order valence-corrected chi connectivity index (χ2v) is 4.89. The predicted molar refractivity (Wildman–Crippen MR) is 80.1 cm³/mol. The summed E-state index contributed by atoms with van der Waals surface area (Å²) in [4.78, 5) is 0. The van der Waals surface area contributed by atoms with E-state index < -0.39 is 0 Å². The first-order chi connectivity index (χ1) is 9.15. The summed E-state index contributed by atoms with van der Waals surface area (Å²) in [5.41, 5.74) is 1.15. The van der Waals surface area contributed by atoms with Gasteiger partial charge in [-0.25, -0.2) is 0 Å². The Hall–Kier alpha value is -1.22. The van der Waals surface area contributed by atoms with Crippen molar-refractivity contribution in [2.75, 3.05) is 14.2 Å². The number of hydrogen-bond acceptors (Lipinski definition) is 3. The fourth-order valence-electron chi connectivity index (χ4n) is 2.37. The van der Waals surface area contributed by atoms with Crippen molar-refractivity contribution < 1.29 is 9.47 Å². The molecule has 0 aliphatic carbocycles. The van der Waals surface area contributed by atoms with Crippen LogP contribution in [0.4, 0.5) is 0 Å². The molecule has 1 aromatic carbocycles. The average molecular weight is 265 g/mol. The molecule has 0 spiro atoms. The highest BCUT2D eigenvalue weighted by atomic mass is 16.5. The van der Waals surface area contributed by atoms with Crippen LogP contribution >= 0.6 is 0 Å². The van der Waals surface area contributed by atoms with Gasteiger partial charge in [0, 0.05) is 17.6 Å². The van der Waals surface area contributed by atoms with Gasteiger partial charge in [-0.05, 0) is 38.0 Å². The Morgan fingerprint density at radius 1 is 1.16 bits per heavy atom. The van der Waals surface area contributed by atoms with E-state index in [0.717, 1.165) is 23.5 Å².